The van der Waals surface area contributed by atoms with Crippen molar-refractivity contribution in [3.8, 4) is 0 Å². The standard InChI is InChI=1S/C11H15NO2S/c1-8(10-3-2-4-15-10)12-6-9(7-13)5-11(12)14/h2-4,8-9,13H,5-7H2,1H3. The van der Waals surface area contributed by atoms with Crippen LogP contribution in [0.15, 0.2) is 17.5 Å². The molecule has 2 atom stereocenters. The minimum atomic E-state index is 0.111. The number of aliphatic hydroxyl groups excluding tert-OH is 1. The Morgan fingerprint density at radius 3 is 3.07 bits per heavy atom. The third kappa shape index (κ3) is 2.06. The SMILES string of the molecule is CC(c1cccs1)N1CC(CO)CC1=O. The van der Waals surface area contributed by atoms with E-state index in [-0.39, 0.29) is 24.5 Å². The van der Waals surface area contributed by atoms with Gasteiger partial charge < -0.3 is 10.0 Å². The maximum atomic E-state index is 11.7. The van der Waals surface area contributed by atoms with Crippen molar-refractivity contribution in [2.75, 3.05) is 13.2 Å². The van der Waals surface area contributed by atoms with E-state index in [0.717, 1.165) is 0 Å². The minimum absolute atomic E-state index is 0.111. The van der Waals surface area contributed by atoms with Crippen LogP contribution in [0, 0.1) is 5.92 Å². The van der Waals surface area contributed by atoms with E-state index in [1.54, 1.807) is 11.3 Å². The molecule has 1 aliphatic heterocycles. The Hall–Kier alpha value is -0.870. The van der Waals surface area contributed by atoms with E-state index in [1.807, 2.05) is 23.3 Å². The molecule has 1 aliphatic rings. The quantitative estimate of drug-likeness (QED) is 0.849. The first-order valence-electron chi connectivity index (χ1n) is 5.16. The van der Waals surface area contributed by atoms with Crippen molar-refractivity contribution in [2.45, 2.75) is 19.4 Å². The second kappa shape index (κ2) is 4.33. The molecule has 1 fully saturated rings. The van der Waals surface area contributed by atoms with Crippen molar-refractivity contribution in [2.24, 2.45) is 5.92 Å². The minimum Gasteiger partial charge on any atom is -0.396 e. The third-order valence-electron chi connectivity index (χ3n) is 2.92. The molecule has 1 N–H and O–H groups in total. The molecule has 2 heterocycles. The van der Waals surface area contributed by atoms with Gasteiger partial charge in [0.25, 0.3) is 0 Å². The van der Waals surface area contributed by atoms with Crippen molar-refractivity contribution in [3.05, 3.63) is 22.4 Å². The van der Waals surface area contributed by atoms with E-state index < -0.39 is 0 Å². The zero-order chi connectivity index (χ0) is 10.8. The fourth-order valence-corrected chi connectivity index (χ4v) is 2.78. The summed E-state index contributed by atoms with van der Waals surface area (Å²) in [5.74, 6) is 0.287. The second-order valence-electron chi connectivity index (χ2n) is 3.99. The Bertz CT molecular complexity index is 336. The number of carbonyl (C=O) groups is 1. The summed E-state index contributed by atoms with van der Waals surface area (Å²) in [6.45, 7) is 2.84. The fourth-order valence-electron chi connectivity index (χ4n) is 1.99. The first-order chi connectivity index (χ1) is 7.22. The zero-order valence-corrected chi connectivity index (χ0v) is 9.54. The number of nitrogens with zero attached hydrogens (tertiary/aromatic N) is 1. The molecule has 15 heavy (non-hydrogen) atoms. The number of aliphatic hydroxyl groups is 1. The molecule has 0 bridgehead atoms. The van der Waals surface area contributed by atoms with Crippen molar-refractivity contribution in [1.82, 2.24) is 4.90 Å². The summed E-state index contributed by atoms with van der Waals surface area (Å²) in [6.07, 6.45) is 0.492. The van der Waals surface area contributed by atoms with Gasteiger partial charge in [0.1, 0.15) is 0 Å². The van der Waals surface area contributed by atoms with Crippen molar-refractivity contribution < 1.29 is 9.90 Å². The molecule has 1 aromatic rings. The molecule has 2 unspecified atom stereocenters. The number of hydrogen-bond acceptors (Lipinski definition) is 3. The summed E-state index contributed by atoms with van der Waals surface area (Å²) >= 11 is 1.67. The van der Waals surface area contributed by atoms with Crippen LogP contribution < -0.4 is 0 Å². The number of hydrogen-bond donors (Lipinski definition) is 1. The molecule has 3 nitrogen and oxygen atoms in total. The molecule has 82 valence electrons. The highest BCUT2D eigenvalue weighted by Crippen LogP contribution is 2.30. The van der Waals surface area contributed by atoms with E-state index in [2.05, 4.69) is 6.07 Å². The topological polar surface area (TPSA) is 40.5 Å². The van der Waals surface area contributed by atoms with E-state index in [0.29, 0.717) is 13.0 Å². The average Bonchev–Trinajstić information content (AvgIpc) is 2.85. The van der Waals surface area contributed by atoms with Crippen LogP contribution in [0.25, 0.3) is 0 Å². The average molecular weight is 225 g/mol. The van der Waals surface area contributed by atoms with Gasteiger partial charge in [0.05, 0.1) is 6.04 Å². The predicted molar refractivity (Wildman–Crippen MR) is 59.6 cm³/mol. The Morgan fingerprint density at radius 2 is 2.53 bits per heavy atom. The molecule has 2 rings (SSSR count). The van der Waals surface area contributed by atoms with Crippen molar-refractivity contribution >= 4 is 17.2 Å². The molecule has 1 aromatic heterocycles. The smallest absolute Gasteiger partial charge is 0.223 e. The van der Waals surface area contributed by atoms with Gasteiger partial charge in [-0.15, -0.1) is 11.3 Å². The van der Waals surface area contributed by atoms with Gasteiger partial charge in [0.15, 0.2) is 0 Å². The van der Waals surface area contributed by atoms with Crippen LogP contribution >= 0.6 is 11.3 Å². The number of carbonyl (C=O) groups excluding carboxylic acids is 1. The molecular weight excluding hydrogens is 210 g/mol. The number of amides is 1. The van der Waals surface area contributed by atoms with Gasteiger partial charge in [-0.25, -0.2) is 0 Å². The maximum Gasteiger partial charge on any atom is 0.223 e. The van der Waals surface area contributed by atoms with Gasteiger partial charge >= 0.3 is 0 Å². The Balaban J connectivity index is 2.08. The summed E-state index contributed by atoms with van der Waals surface area (Å²) in [6, 6.07) is 4.20. The second-order valence-corrected chi connectivity index (χ2v) is 4.97. The third-order valence-corrected chi connectivity index (χ3v) is 3.96. The summed E-state index contributed by atoms with van der Waals surface area (Å²) in [4.78, 5) is 14.8. The van der Waals surface area contributed by atoms with E-state index in [4.69, 9.17) is 5.11 Å². The lowest BCUT2D eigenvalue weighted by Gasteiger charge is -2.23. The molecule has 1 saturated heterocycles. The lowest BCUT2D eigenvalue weighted by molar-refractivity contribution is -0.129. The summed E-state index contributed by atoms with van der Waals surface area (Å²) in [7, 11) is 0. The maximum absolute atomic E-state index is 11.7. The molecule has 0 aromatic carbocycles. The molecule has 0 spiro atoms. The zero-order valence-electron chi connectivity index (χ0n) is 8.72. The van der Waals surface area contributed by atoms with Crippen LogP contribution in [-0.4, -0.2) is 29.1 Å². The monoisotopic (exact) mass is 225 g/mol. The predicted octanol–water partition coefficient (Wildman–Crippen LogP) is 1.65. The van der Waals surface area contributed by atoms with E-state index >= 15 is 0 Å². The van der Waals surface area contributed by atoms with Gasteiger partial charge in [0.2, 0.25) is 5.91 Å². The van der Waals surface area contributed by atoms with Crippen LogP contribution in [0.1, 0.15) is 24.3 Å². The van der Waals surface area contributed by atoms with Gasteiger partial charge in [-0.1, -0.05) is 6.07 Å². The van der Waals surface area contributed by atoms with Crippen LogP contribution in [0.4, 0.5) is 0 Å². The molecule has 4 heteroatoms. The first-order valence-corrected chi connectivity index (χ1v) is 6.04. The van der Waals surface area contributed by atoms with Gasteiger partial charge in [-0.05, 0) is 18.4 Å². The van der Waals surface area contributed by atoms with Crippen LogP contribution in [-0.2, 0) is 4.79 Å². The van der Waals surface area contributed by atoms with Gasteiger partial charge in [-0.2, -0.15) is 0 Å². The van der Waals surface area contributed by atoms with Crippen molar-refractivity contribution in [3.63, 3.8) is 0 Å². The normalized spacial score (nSPS) is 23.5. The first kappa shape index (κ1) is 10.6. The fraction of sp³-hybridized carbons (Fsp3) is 0.545. The van der Waals surface area contributed by atoms with Crippen LogP contribution in [0.5, 0.6) is 0 Å². The highest BCUT2D eigenvalue weighted by Gasteiger charge is 2.32. The number of rotatable bonds is 3. The molecule has 1 amide bonds. The van der Waals surface area contributed by atoms with Crippen molar-refractivity contribution in [1.29, 1.82) is 0 Å². The molecule has 0 aliphatic carbocycles. The van der Waals surface area contributed by atoms with E-state index in [9.17, 15) is 4.79 Å². The highest BCUT2D eigenvalue weighted by molar-refractivity contribution is 7.10. The van der Waals surface area contributed by atoms with Crippen LogP contribution in [0.2, 0.25) is 0 Å². The molecule has 0 saturated carbocycles. The number of likely N-dealkylation sites (tertiary alicyclic amines) is 1. The Labute approximate surface area is 93.3 Å². The number of thiophene rings is 1. The summed E-state index contributed by atoms with van der Waals surface area (Å²) in [5, 5.41) is 11.1. The summed E-state index contributed by atoms with van der Waals surface area (Å²) < 4.78 is 0. The molecular formula is C11H15NO2S. The highest BCUT2D eigenvalue weighted by atomic mass is 32.1. The largest absolute Gasteiger partial charge is 0.396 e. The Kier molecular flexibility index (Phi) is 3.07. The van der Waals surface area contributed by atoms with Gasteiger partial charge in [-0.3, -0.25) is 4.79 Å². The molecule has 0 radical (unpaired) electrons. The van der Waals surface area contributed by atoms with E-state index in [1.165, 1.54) is 4.88 Å². The van der Waals surface area contributed by atoms with Crippen LogP contribution in [0.3, 0.4) is 0 Å². The lowest BCUT2D eigenvalue weighted by atomic mass is 10.1. The Morgan fingerprint density at radius 1 is 1.73 bits per heavy atom. The van der Waals surface area contributed by atoms with Gasteiger partial charge in [0, 0.05) is 30.4 Å². The lowest BCUT2D eigenvalue weighted by Crippen LogP contribution is -2.28. The summed E-state index contributed by atoms with van der Waals surface area (Å²) in [5.41, 5.74) is 0.